The fraction of sp³-hybridized carbons (Fsp3) is 0.500. The van der Waals surface area contributed by atoms with Gasteiger partial charge in [0.15, 0.2) is 0 Å². The molecule has 0 bridgehead atoms. The van der Waals surface area contributed by atoms with Crippen LogP contribution in [-0.4, -0.2) is 26.4 Å². The third kappa shape index (κ3) is 4.69. The van der Waals surface area contributed by atoms with Gasteiger partial charge in [-0.25, -0.2) is 4.68 Å². The molecule has 0 radical (unpaired) electrons. The van der Waals surface area contributed by atoms with E-state index in [2.05, 4.69) is 10.4 Å². The number of carbonyl (C=O) groups is 1. The van der Waals surface area contributed by atoms with E-state index in [-0.39, 0.29) is 12.3 Å². The fourth-order valence-corrected chi connectivity index (χ4v) is 3.36. The summed E-state index contributed by atoms with van der Waals surface area (Å²) >= 11 is 0. The molecule has 2 aromatic rings. The Balaban J connectivity index is 2.17. The molecule has 25 heavy (non-hydrogen) atoms. The van der Waals surface area contributed by atoms with Crippen LogP contribution in [0.4, 0.5) is 5.69 Å². The SMILES string of the molecule is CCCC(O)(CCC)CC(=O)Nc1c(C)nn(-c2ccccc2)c1C. The number of hydrogen-bond acceptors (Lipinski definition) is 3. The molecule has 0 fully saturated rings. The van der Waals surface area contributed by atoms with Gasteiger partial charge in [-0.3, -0.25) is 4.79 Å². The highest BCUT2D eigenvalue weighted by molar-refractivity contribution is 5.92. The van der Waals surface area contributed by atoms with Crippen LogP contribution < -0.4 is 5.32 Å². The molecule has 0 aliphatic heterocycles. The first kappa shape index (κ1) is 19.2. The van der Waals surface area contributed by atoms with Crippen molar-refractivity contribution in [2.24, 2.45) is 0 Å². The van der Waals surface area contributed by atoms with E-state index in [1.807, 2.05) is 62.7 Å². The zero-order valence-corrected chi connectivity index (χ0v) is 15.7. The number of carbonyl (C=O) groups excluding carboxylic acids is 1. The summed E-state index contributed by atoms with van der Waals surface area (Å²) in [5.41, 5.74) is 2.40. The van der Waals surface area contributed by atoms with E-state index in [4.69, 9.17) is 0 Å². The maximum absolute atomic E-state index is 12.5. The summed E-state index contributed by atoms with van der Waals surface area (Å²) in [5, 5.41) is 18.2. The third-order valence-electron chi connectivity index (χ3n) is 4.48. The minimum absolute atomic E-state index is 0.115. The number of rotatable bonds is 8. The van der Waals surface area contributed by atoms with E-state index in [0.717, 1.165) is 35.6 Å². The average molecular weight is 343 g/mol. The third-order valence-corrected chi connectivity index (χ3v) is 4.48. The number of hydrogen-bond donors (Lipinski definition) is 2. The number of para-hydroxylation sites is 1. The number of nitrogens with zero attached hydrogens (tertiary/aromatic N) is 2. The highest BCUT2D eigenvalue weighted by Gasteiger charge is 2.29. The summed E-state index contributed by atoms with van der Waals surface area (Å²) in [6.07, 6.45) is 3.09. The Bertz CT molecular complexity index is 701. The van der Waals surface area contributed by atoms with Crippen molar-refractivity contribution < 1.29 is 9.90 Å². The predicted octanol–water partition coefficient (Wildman–Crippen LogP) is 4.15. The minimum Gasteiger partial charge on any atom is -0.389 e. The molecule has 0 saturated carbocycles. The Hall–Kier alpha value is -2.14. The fourth-order valence-electron chi connectivity index (χ4n) is 3.36. The zero-order chi connectivity index (χ0) is 18.4. The Morgan fingerprint density at radius 2 is 1.76 bits per heavy atom. The van der Waals surface area contributed by atoms with Gasteiger partial charge in [-0.1, -0.05) is 44.9 Å². The molecular weight excluding hydrogens is 314 g/mol. The highest BCUT2D eigenvalue weighted by atomic mass is 16.3. The van der Waals surface area contributed by atoms with Crippen molar-refractivity contribution in [2.75, 3.05) is 5.32 Å². The topological polar surface area (TPSA) is 67.2 Å². The normalized spacial score (nSPS) is 11.6. The maximum Gasteiger partial charge on any atom is 0.227 e. The Kier molecular flexibility index (Phi) is 6.37. The molecule has 136 valence electrons. The number of benzene rings is 1. The summed E-state index contributed by atoms with van der Waals surface area (Å²) in [6.45, 7) is 7.87. The molecule has 2 N–H and O–H groups in total. The molecule has 0 unspecified atom stereocenters. The van der Waals surface area contributed by atoms with Gasteiger partial charge in [0, 0.05) is 0 Å². The number of aromatic nitrogens is 2. The van der Waals surface area contributed by atoms with Crippen molar-refractivity contribution in [1.29, 1.82) is 0 Å². The van der Waals surface area contributed by atoms with Gasteiger partial charge >= 0.3 is 0 Å². The minimum atomic E-state index is -0.926. The van der Waals surface area contributed by atoms with Gasteiger partial charge < -0.3 is 10.4 Å². The average Bonchev–Trinajstić information content (AvgIpc) is 2.84. The molecule has 0 atom stereocenters. The smallest absolute Gasteiger partial charge is 0.227 e. The lowest BCUT2D eigenvalue weighted by atomic mass is 9.89. The lowest BCUT2D eigenvalue weighted by molar-refractivity contribution is -0.121. The summed E-state index contributed by atoms with van der Waals surface area (Å²) in [5.74, 6) is -0.164. The molecule has 1 aromatic carbocycles. The summed E-state index contributed by atoms with van der Waals surface area (Å²) in [7, 11) is 0. The second-order valence-electron chi connectivity index (χ2n) is 6.74. The van der Waals surface area contributed by atoms with Crippen LogP contribution in [0.1, 0.15) is 57.3 Å². The van der Waals surface area contributed by atoms with Gasteiger partial charge in [-0.2, -0.15) is 5.10 Å². The second kappa shape index (κ2) is 8.30. The van der Waals surface area contributed by atoms with E-state index in [9.17, 15) is 9.90 Å². The molecule has 1 aromatic heterocycles. The van der Waals surface area contributed by atoms with Crippen molar-refractivity contribution in [3.05, 3.63) is 41.7 Å². The molecule has 5 heteroatoms. The van der Waals surface area contributed by atoms with Gasteiger partial charge in [0.2, 0.25) is 5.91 Å². The first-order chi connectivity index (χ1) is 11.9. The molecular formula is C20H29N3O2. The second-order valence-corrected chi connectivity index (χ2v) is 6.74. The lowest BCUT2D eigenvalue weighted by Crippen LogP contribution is -2.34. The summed E-state index contributed by atoms with van der Waals surface area (Å²) in [4.78, 5) is 12.5. The Morgan fingerprint density at radius 1 is 1.16 bits per heavy atom. The van der Waals surface area contributed by atoms with Gasteiger partial charge in [-0.05, 0) is 38.8 Å². The van der Waals surface area contributed by atoms with Crippen LogP contribution in [0, 0.1) is 13.8 Å². The predicted molar refractivity (Wildman–Crippen MR) is 101 cm³/mol. The number of aryl methyl sites for hydroxylation is 1. The number of anilines is 1. The van der Waals surface area contributed by atoms with Crippen LogP contribution in [0.3, 0.4) is 0 Å². The van der Waals surface area contributed by atoms with E-state index in [1.165, 1.54) is 0 Å². The van der Waals surface area contributed by atoms with Crippen molar-refractivity contribution in [3.8, 4) is 5.69 Å². The van der Waals surface area contributed by atoms with Gasteiger partial charge in [0.05, 0.1) is 34.8 Å². The lowest BCUT2D eigenvalue weighted by Gasteiger charge is -2.26. The Labute approximate surface area is 150 Å². The monoisotopic (exact) mass is 343 g/mol. The van der Waals surface area contributed by atoms with Gasteiger partial charge in [0.1, 0.15) is 0 Å². The van der Waals surface area contributed by atoms with E-state index in [0.29, 0.717) is 12.8 Å². The number of aliphatic hydroxyl groups is 1. The van der Waals surface area contributed by atoms with Crippen LogP contribution in [0.15, 0.2) is 30.3 Å². The van der Waals surface area contributed by atoms with Crippen molar-refractivity contribution >= 4 is 11.6 Å². The molecule has 5 nitrogen and oxygen atoms in total. The van der Waals surface area contributed by atoms with E-state index in [1.54, 1.807) is 0 Å². The first-order valence-electron chi connectivity index (χ1n) is 9.04. The zero-order valence-electron chi connectivity index (χ0n) is 15.7. The molecule has 0 aliphatic carbocycles. The van der Waals surface area contributed by atoms with Crippen molar-refractivity contribution in [1.82, 2.24) is 9.78 Å². The van der Waals surface area contributed by atoms with Crippen molar-refractivity contribution in [2.45, 2.75) is 65.4 Å². The molecule has 0 spiro atoms. The van der Waals surface area contributed by atoms with Crippen LogP contribution in [0.25, 0.3) is 5.69 Å². The standard InChI is InChI=1S/C20H29N3O2/c1-5-12-20(25,13-6-2)14-18(24)21-19-15(3)22-23(16(19)4)17-10-8-7-9-11-17/h7-11,25H,5-6,12-14H2,1-4H3,(H,21,24). The molecule has 0 saturated heterocycles. The van der Waals surface area contributed by atoms with Crippen LogP contribution in [-0.2, 0) is 4.79 Å². The van der Waals surface area contributed by atoms with Crippen LogP contribution in [0.5, 0.6) is 0 Å². The van der Waals surface area contributed by atoms with Gasteiger partial charge in [-0.15, -0.1) is 0 Å². The summed E-state index contributed by atoms with van der Waals surface area (Å²) in [6, 6.07) is 9.83. The van der Waals surface area contributed by atoms with Crippen LogP contribution >= 0.6 is 0 Å². The maximum atomic E-state index is 12.5. The number of amides is 1. The van der Waals surface area contributed by atoms with Crippen LogP contribution in [0.2, 0.25) is 0 Å². The van der Waals surface area contributed by atoms with Gasteiger partial charge in [0.25, 0.3) is 0 Å². The Morgan fingerprint density at radius 3 is 2.32 bits per heavy atom. The first-order valence-corrected chi connectivity index (χ1v) is 9.04. The molecule has 1 amide bonds. The quantitative estimate of drug-likeness (QED) is 0.756. The van der Waals surface area contributed by atoms with E-state index >= 15 is 0 Å². The van der Waals surface area contributed by atoms with E-state index < -0.39 is 5.60 Å². The number of nitrogens with one attached hydrogen (secondary N) is 1. The summed E-state index contributed by atoms with van der Waals surface area (Å²) < 4.78 is 1.83. The van der Waals surface area contributed by atoms with Crippen molar-refractivity contribution in [3.63, 3.8) is 0 Å². The molecule has 0 aliphatic rings. The molecule has 1 heterocycles. The largest absolute Gasteiger partial charge is 0.389 e. The highest BCUT2D eigenvalue weighted by Crippen LogP contribution is 2.26. The molecule has 2 rings (SSSR count).